The number of aliphatic hydroxyl groups is 1. The maximum absolute atomic E-state index is 12.4. The molecule has 2 aliphatic heterocycles. The Morgan fingerprint density at radius 2 is 2.29 bits per heavy atom. The van der Waals surface area contributed by atoms with Gasteiger partial charge in [0, 0.05) is 30.7 Å². The number of carbonyl (C=O) groups excluding carboxylic acids is 1. The number of fused-ring (bicyclic) bond motifs is 2. The molecule has 0 radical (unpaired) electrons. The molecule has 1 atom stereocenters. The summed E-state index contributed by atoms with van der Waals surface area (Å²) >= 11 is 1.52. The van der Waals surface area contributed by atoms with E-state index in [-0.39, 0.29) is 24.0 Å². The maximum Gasteiger partial charge on any atom is 0.261 e. The normalized spacial score (nSPS) is 19.3. The van der Waals surface area contributed by atoms with Gasteiger partial charge in [0.05, 0.1) is 17.6 Å². The van der Waals surface area contributed by atoms with Crippen LogP contribution in [0.5, 0.6) is 0 Å². The summed E-state index contributed by atoms with van der Waals surface area (Å²) in [6.45, 7) is 4.18. The van der Waals surface area contributed by atoms with Gasteiger partial charge in [-0.25, -0.2) is 4.98 Å². The van der Waals surface area contributed by atoms with Gasteiger partial charge >= 0.3 is 0 Å². The van der Waals surface area contributed by atoms with Crippen molar-refractivity contribution in [3.8, 4) is 0 Å². The van der Waals surface area contributed by atoms with E-state index in [1.54, 1.807) is 13.1 Å². The Morgan fingerprint density at radius 3 is 3.00 bits per heavy atom. The highest BCUT2D eigenvalue weighted by atomic mass is 32.1. The number of rotatable bonds is 4. The van der Waals surface area contributed by atoms with Crippen LogP contribution < -0.4 is 16.0 Å². The molecule has 0 aromatic carbocycles. The molecule has 1 fully saturated rings. The third-order valence-electron chi connectivity index (χ3n) is 5.31. The van der Waals surface area contributed by atoms with Gasteiger partial charge in [0.2, 0.25) is 5.95 Å². The first-order chi connectivity index (χ1) is 13.5. The minimum atomic E-state index is -0.562. The Kier molecular flexibility index (Phi) is 5.22. The fourth-order valence-corrected chi connectivity index (χ4v) is 5.20. The van der Waals surface area contributed by atoms with Gasteiger partial charge in [-0.1, -0.05) is 0 Å². The van der Waals surface area contributed by atoms with E-state index in [0.717, 1.165) is 38.2 Å². The lowest BCUT2D eigenvalue weighted by Crippen LogP contribution is -2.46. The number of nitrogens with one attached hydrogen (secondary N) is 1. The molecule has 1 amide bonds. The van der Waals surface area contributed by atoms with Crippen LogP contribution in [0.1, 0.15) is 39.9 Å². The maximum atomic E-state index is 12.4. The number of thiophene rings is 1. The minimum Gasteiger partial charge on any atom is -0.392 e. The summed E-state index contributed by atoms with van der Waals surface area (Å²) in [5, 5.41) is 12.2. The highest BCUT2D eigenvalue weighted by molar-refractivity contribution is 7.14. The van der Waals surface area contributed by atoms with E-state index in [4.69, 9.17) is 10.5 Å². The van der Waals surface area contributed by atoms with Gasteiger partial charge in [0.15, 0.2) is 0 Å². The average molecular weight is 404 g/mol. The highest BCUT2D eigenvalue weighted by Crippen LogP contribution is 2.45. The van der Waals surface area contributed by atoms with Crippen molar-refractivity contribution in [2.45, 2.75) is 37.9 Å². The first kappa shape index (κ1) is 19.1. The Hall–Kier alpha value is -2.23. The van der Waals surface area contributed by atoms with Crippen molar-refractivity contribution in [3.05, 3.63) is 33.6 Å². The quantitative estimate of drug-likeness (QED) is 0.705. The van der Waals surface area contributed by atoms with Crippen LogP contribution in [-0.2, 0) is 16.8 Å². The molecular formula is C19H25N5O3S. The van der Waals surface area contributed by atoms with Gasteiger partial charge in [-0.2, -0.15) is 4.98 Å². The van der Waals surface area contributed by atoms with Crippen molar-refractivity contribution >= 4 is 29.0 Å². The molecule has 2 aromatic heterocycles. The Balaban J connectivity index is 1.51. The Bertz CT molecular complexity index is 861. The molecule has 0 saturated carbocycles. The number of piperidine rings is 1. The number of aromatic nitrogens is 2. The van der Waals surface area contributed by atoms with Gasteiger partial charge in [-0.15, -0.1) is 11.3 Å². The first-order valence-corrected chi connectivity index (χ1v) is 10.4. The highest BCUT2D eigenvalue weighted by Gasteiger charge is 2.43. The molecule has 9 heteroatoms. The van der Waals surface area contributed by atoms with E-state index in [1.807, 2.05) is 12.1 Å². The second-order valence-electron chi connectivity index (χ2n) is 7.38. The fraction of sp³-hybridized carbons (Fsp3) is 0.526. The number of anilines is 2. The van der Waals surface area contributed by atoms with Crippen molar-refractivity contribution in [1.82, 2.24) is 15.3 Å². The summed E-state index contributed by atoms with van der Waals surface area (Å²) in [6, 6.07) is 3.86. The number of nitrogens with zero attached hydrogens (tertiary/aromatic N) is 3. The van der Waals surface area contributed by atoms with Crippen LogP contribution >= 0.6 is 11.3 Å². The van der Waals surface area contributed by atoms with Gasteiger partial charge < -0.3 is 25.8 Å². The molecular weight excluding hydrogens is 378 g/mol. The van der Waals surface area contributed by atoms with Crippen molar-refractivity contribution in [2.24, 2.45) is 0 Å². The van der Waals surface area contributed by atoms with Gasteiger partial charge in [-0.05, 0) is 43.9 Å². The molecule has 0 bridgehead atoms. The number of hydrogen-bond donors (Lipinski definition) is 3. The van der Waals surface area contributed by atoms with E-state index in [2.05, 4.69) is 20.2 Å². The topological polar surface area (TPSA) is 114 Å². The molecule has 28 heavy (non-hydrogen) atoms. The van der Waals surface area contributed by atoms with E-state index < -0.39 is 6.10 Å². The van der Waals surface area contributed by atoms with Crippen LogP contribution in [0.4, 0.5) is 11.8 Å². The lowest BCUT2D eigenvalue weighted by Gasteiger charge is -2.44. The van der Waals surface area contributed by atoms with Crippen LogP contribution in [0.3, 0.4) is 0 Å². The third-order valence-corrected chi connectivity index (χ3v) is 6.67. The summed E-state index contributed by atoms with van der Waals surface area (Å²) in [7, 11) is 0. The molecule has 4 heterocycles. The standard InChI is InChI=1S/C19H25N5O3S/c1-12(25)11-22-17(26)14-10-13-3-9-27-19(16(13)28-14)4-7-24(8-5-19)15-2-6-21-18(20)23-15/h2,6,10,12,25H,3-5,7-9,11H2,1H3,(H,22,26)(H2,20,21,23)/t12-/m1/s1. The van der Waals surface area contributed by atoms with E-state index in [0.29, 0.717) is 11.5 Å². The second kappa shape index (κ2) is 7.65. The third kappa shape index (κ3) is 3.69. The number of amides is 1. The molecule has 8 nitrogen and oxygen atoms in total. The van der Waals surface area contributed by atoms with Crippen LogP contribution in [0.15, 0.2) is 18.3 Å². The number of hydrogen-bond acceptors (Lipinski definition) is 8. The molecule has 1 saturated heterocycles. The van der Waals surface area contributed by atoms with Crippen LogP contribution in [0, 0.1) is 0 Å². The van der Waals surface area contributed by atoms with Crippen molar-refractivity contribution in [1.29, 1.82) is 0 Å². The van der Waals surface area contributed by atoms with Gasteiger partial charge in [-0.3, -0.25) is 4.79 Å². The number of ether oxygens (including phenoxy) is 1. The summed E-state index contributed by atoms with van der Waals surface area (Å²) in [5.41, 5.74) is 6.58. The first-order valence-electron chi connectivity index (χ1n) is 9.54. The molecule has 4 N–H and O–H groups in total. The van der Waals surface area contributed by atoms with Crippen molar-refractivity contribution in [3.63, 3.8) is 0 Å². The average Bonchev–Trinajstić information content (AvgIpc) is 3.13. The molecule has 0 unspecified atom stereocenters. The Labute approximate surface area is 167 Å². The predicted octanol–water partition coefficient (Wildman–Crippen LogP) is 1.30. The van der Waals surface area contributed by atoms with Crippen LogP contribution in [0.25, 0.3) is 0 Å². The number of nitrogen functional groups attached to an aromatic ring is 1. The monoisotopic (exact) mass is 403 g/mol. The summed E-state index contributed by atoms with van der Waals surface area (Å²) in [5.74, 6) is 0.979. The zero-order valence-electron chi connectivity index (χ0n) is 15.9. The van der Waals surface area contributed by atoms with E-state index >= 15 is 0 Å². The van der Waals surface area contributed by atoms with Crippen molar-refractivity contribution < 1.29 is 14.6 Å². The van der Waals surface area contributed by atoms with Crippen LogP contribution in [-0.4, -0.2) is 53.3 Å². The lowest BCUT2D eigenvalue weighted by atomic mass is 9.85. The van der Waals surface area contributed by atoms with Gasteiger partial charge in [0.25, 0.3) is 5.91 Å². The summed E-state index contributed by atoms with van der Waals surface area (Å²) in [6.07, 6.45) is 3.60. The fourth-order valence-electron chi connectivity index (χ4n) is 3.87. The summed E-state index contributed by atoms with van der Waals surface area (Å²) < 4.78 is 6.29. The van der Waals surface area contributed by atoms with E-state index in [9.17, 15) is 9.90 Å². The zero-order chi connectivity index (χ0) is 19.7. The molecule has 2 aromatic rings. The largest absolute Gasteiger partial charge is 0.392 e. The smallest absolute Gasteiger partial charge is 0.261 e. The number of aliphatic hydroxyl groups excluding tert-OH is 1. The van der Waals surface area contributed by atoms with Crippen LogP contribution in [0.2, 0.25) is 0 Å². The predicted molar refractivity (Wildman–Crippen MR) is 108 cm³/mol. The van der Waals surface area contributed by atoms with Crippen molar-refractivity contribution in [2.75, 3.05) is 36.9 Å². The minimum absolute atomic E-state index is 0.135. The number of nitrogens with two attached hydrogens (primary N) is 1. The molecule has 0 aliphatic carbocycles. The van der Waals surface area contributed by atoms with Gasteiger partial charge in [0.1, 0.15) is 11.4 Å². The summed E-state index contributed by atoms with van der Waals surface area (Å²) in [4.78, 5) is 24.7. The molecule has 2 aliphatic rings. The Morgan fingerprint density at radius 1 is 1.50 bits per heavy atom. The lowest BCUT2D eigenvalue weighted by molar-refractivity contribution is -0.0735. The molecule has 4 rings (SSSR count). The van der Waals surface area contributed by atoms with E-state index in [1.165, 1.54) is 21.8 Å². The second-order valence-corrected chi connectivity index (χ2v) is 8.43. The molecule has 150 valence electrons. The SMILES string of the molecule is C[C@@H](O)CNC(=O)c1cc2c(s1)C1(CCN(c3ccnc(N)n3)CC1)OCC2. The molecule has 1 spiro atoms. The number of carbonyl (C=O) groups is 1. The zero-order valence-corrected chi connectivity index (χ0v) is 16.7.